The van der Waals surface area contributed by atoms with Gasteiger partial charge in [-0.3, -0.25) is 9.48 Å². The zero-order chi connectivity index (χ0) is 19.4. The summed E-state index contributed by atoms with van der Waals surface area (Å²) in [6.07, 6.45) is 1.47. The van der Waals surface area contributed by atoms with Crippen LogP contribution in [0.5, 0.6) is 0 Å². The molecule has 0 aliphatic carbocycles. The van der Waals surface area contributed by atoms with Crippen molar-refractivity contribution in [3.05, 3.63) is 76.0 Å². The molecule has 2 atom stereocenters. The molecule has 140 valence electrons. The molecule has 1 aliphatic rings. The molecule has 0 fully saturated rings. The molecule has 9 heteroatoms. The molecule has 28 heavy (non-hydrogen) atoms. The number of nitrogens with one attached hydrogen (secondary N) is 2. The fraction of sp³-hybridized carbons (Fsp3) is 0.158. The van der Waals surface area contributed by atoms with E-state index < -0.39 is 11.4 Å². The third kappa shape index (κ3) is 2.36. The molecular formula is C19H16FN7O. The van der Waals surface area contributed by atoms with Crippen LogP contribution in [-0.2, 0) is 7.05 Å². The molecule has 4 aromatic rings. The average molecular weight is 377 g/mol. The minimum absolute atomic E-state index is 0.246. The summed E-state index contributed by atoms with van der Waals surface area (Å²) in [7, 11) is 1.80. The SMILES string of the molecule is Cn1ncnc1[C@@H]1c2n[nH]c(=O)c3cc(F)cc(c23)N[C@H]1c1ccc(N)cc1. The smallest absolute Gasteiger partial charge is 0.272 e. The maximum absolute atomic E-state index is 14.2. The largest absolute Gasteiger partial charge is 0.399 e. The number of aromatic amines is 1. The van der Waals surface area contributed by atoms with Crippen LogP contribution in [0.1, 0.15) is 29.0 Å². The third-order valence-electron chi connectivity index (χ3n) is 5.14. The Hall–Kier alpha value is -3.75. The van der Waals surface area contributed by atoms with Crippen molar-refractivity contribution in [3.8, 4) is 0 Å². The Balaban J connectivity index is 1.82. The fourth-order valence-corrected chi connectivity index (χ4v) is 3.87. The molecule has 0 spiro atoms. The van der Waals surface area contributed by atoms with Crippen molar-refractivity contribution in [1.29, 1.82) is 0 Å². The van der Waals surface area contributed by atoms with Crippen molar-refractivity contribution < 1.29 is 4.39 Å². The van der Waals surface area contributed by atoms with Gasteiger partial charge in [0.2, 0.25) is 0 Å². The van der Waals surface area contributed by atoms with Crippen molar-refractivity contribution in [2.75, 3.05) is 11.1 Å². The number of aryl methyl sites for hydroxylation is 1. The minimum Gasteiger partial charge on any atom is -0.399 e. The molecule has 0 saturated carbocycles. The van der Waals surface area contributed by atoms with E-state index in [1.807, 2.05) is 24.3 Å². The number of aromatic nitrogens is 5. The Bertz CT molecular complexity index is 1260. The first-order valence-electron chi connectivity index (χ1n) is 8.70. The number of benzene rings is 2. The number of hydrogen-bond donors (Lipinski definition) is 3. The lowest BCUT2D eigenvalue weighted by Gasteiger charge is -2.33. The molecule has 0 saturated heterocycles. The molecule has 0 bridgehead atoms. The average Bonchev–Trinajstić information content (AvgIpc) is 3.10. The Kier molecular flexibility index (Phi) is 3.45. The topological polar surface area (TPSA) is 115 Å². The van der Waals surface area contributed by atoms with Crippen LogP contribution in [-0.4, -0.2) is 25.0 Å². The minimum atomic E-state index is -0.495. The molecule has 8 nitrogen and oxygen atoms in total. The van der Waals surface area contributed by atoms with E-state index in [9.17, 15) is 9.18 Å². The van der Waals surface area contributed by atoms with Gasteiger partial charge in [-0.25, -0.2) is 14.5 Å². The lowest BCUT2D eigenvalue weighted by atomic mass is 9.83. The van der Waals surface area contributed by atoms with E-state index >= 15 is 0 Å². The summed E-state index contributed by atoms with van der Waals surface area (Å²) in [6.45, 7) is 0. The van der Waals surface area contributed by atoms with Crippen LogP contribution in [0.2, 0.25) is 0 Å². The van der Waals surface area contributed by atoms with Crippen molar-refractivity contribution in [1.82, 2.24) is 25.0 Å². The highest BCUT2D eigenvalue weighted by atomic mass is 19.1. The van der Waals surface area contributed by atoms with Crippen molar-refractivity contribution in [2.45, 2.75) is 12.0 Å². The third-order valence-corrected chi connectivity index (χ3v) is 5.14. The van der Waals surface area contributed by atoms with E-state index in [1.165, 1.54) is 18.5 Å². The summed E-state index contributed by atoms with van der Waals surface area (Å²) in [4.78, 5) is 16.7. The summed E-state index contributed by atoms with van der Waals surface area (Å²) in [6, 6.07) is 9.72. The number of hydrogen-bond acceptors (Lipinski definition) is 6. The summed E-state index contributed by atoms with van der Waals surface area (Å²) in [5.74, 6) is -0.176. The van der Waals surface area contributed by atoms with Gasteiger partial charge < -0.3 is 11.1 Å². The van der Waals surface area contributed by atoms with Crippen LogP contribution in [0.15, 0.2) is 47.5 Å². The highest BCUT2D eigenvalue weighted by Gasteiger charge is 2.37. The van der Waals surface area contributed by atoms with Crippen molar-refractivity contribution >= 4 is 22.1 Å². The number of anilines is 2. The number of nitrogens with zero attached hydrogens (tertiary/aromatic N) is 4. The van der Waals surface area contributed by atoms with E-state index in [1.54, 1.807) is 11.7 Å². The van der Waals surface area contributed by atoms with Crippen molar-refractivity contribution in [2.24, 2.45) is 7.05 Å². The zero-order valence-corrected chi connectivity index (χ0v) is 14.8. The van der Waals surface area contributed by atoms with Gasteiger partial charge in [0.05, 0.1) is 23.0 Å². The highest BCUT2D eigenvalue weighted by molar-refractivity contribution is 5.97. The van der Waals surface area contributed by atoms with E-state index in [4.69, 9.17) is 5.73 Å². The number of nitrogen functional groups attached to an aromatic ring is 1. The maximum Gasteiger partial charge on any atom is 0.272 e. The van der Waals surface area contributed by atoms with Gasteiger partial charge in [0, 0.05) is 23.8 Å². The molecule has 0 unspecified atom stereocenters. The van der Waals surface area contributed by atoms with Gasteiger partial charge in [0.1, 0.15) is 18.0 Å². The number of nitrogens with two attached hydrogens (primary N) is 1. The van der Waals surface area contributed by atoms with E-state index in [-0.39, 0.29) is 17.3 Å². The Morgan fingerprint density at radius 2 is 2.00 bits per heavy atom. The van der Waals surface area contributed by atoms with E-state index in [0.29, 0.717) is 28.3 Å². The lowest BCUT2D eigenvalue weighted by Crippen LogP contribution is -2.30. The molecule has 4 N–H and O–H groups in total. The van der Waals surface area contributed by atoms with Crippen molar-refractivity contribution in [3.63, 3.8) is 0 Å². The lowest BCUT2D eigenvalue weighted by molar-refractivity contribution is 0.564. The molecule has 2 aromatic heterocycles. The van der Waals surface area contributed by atoms with Crippen LogP contribution in [0.25, 0.3) is 10.8 Å². The van der Waals surface area contributed by atoms with Crippen LogP contribution in [0.4, 0.5) is 15.8 Å². The standard InChI is InChI=1S/C19H16FN7O/c1-27-18(22-8-23-27)15-16(9-2-4-11(21)5-3-9)24-13-7-10(20)6-12-14(13)17(15)25-26-19(12)28/h2-8,15-16,24H,21H2,1H3,(H,26,28)/t15-,16-/m0/s1. The molecule has 5 rings (SSSR count). The second-order valence-corrected chi connectivity index (χ2v) is 6.82. The highest BCUT2D eigenvalue weighted by Crippen LogP contribution is 2.45. The zero-order valence-electron chi connectivity index (χ0n) is 14.8. The molecule has 3 heterocycles. The second-order valence-electron chi connectivity index (χ2n) is 6.82. The molecular weight excluding hydrogens is 361 g/mol. The monoisotopic (exact) mass is 377 g/mol. The second kappa shape index (κ2) is 5.88. The number of halogens is 1. The first-order valence-corrected chi connectivity index (χ1v) is 8.70. The summed E-state index contributed by atoms with van der Waals surface area (Å²) >= 11 is 0. The van der Waals surface area contributed by atoms with Gasteiger partial charge >= 0.3 is 0 Å². The number of rotatable bonds is 2. The quantitative estimate of drug-likeness (QED) is 0.461. The number of H-pyrrole nitrogens is 1. The summed E-state index contributed by atoms with van der Waals surface area (Å²) in [5.41, 5.74) is 8.10. The summed E-state index contributed by atoms with van der Waals surface area (Å²) < 4.78 is 15.9. The first-order chi connectivity index (χ1) is 13.5. The molecule has 0 amide bonds. The predicted molar refractivity (Wildman–Crippen MR) is 102 cm³/mol. The molecule has 2 aromatic carbocycles. The van der Waals surface area contributed by atoms with Gasteiger partial charge in [-0.2, -0.15) is 10.2 Å². The van der Waals surface area contributed by atoms with E-state index in [2.05, 4.69) is 25.6 Å². The molecule has 0 radical (unpaired) electrons. The predicted octanol–water partition coefficient (Wildman–Crippen LogP) is 2.07. The van der Waals surface area contributed by atoms with Gasteiger partial charge in [0.25, 0.3) is 5.56 Å². The normalized spacial score (nSPS) is 18.2. The Morgan fingerprint density at radius 1 is 1.21 bits per heavy atom. The van der Waals surface area contributed by atoms with Gasteiger partial charge in [0.15, 0.2) is 0 Å². The molecule has 1 aliphatic heterocycles. The van der Waals surface area contributed by atoms with E-state index in [0.717, 1.165) is 5.56 Å². The van der Waals surface area contributed by atoms with Gasteiger partial charge in [-0.15, -0.1) is 0 Å². The Labute approximate surface area is 158 Å². The van der Waals surface area contributed by atoms with Crippen LogP contribution in [0.3, 0.4) is 0 Å². The van der Waals surface area contributed by atoms with Crippen LogP contribution >= 0.6 is 0 Å². The van der Waals surface area contributed by atoms with Gasteiger partial charge in [-0.05, 0) is 29.8 Å². The Morgan fingerprint density at radius 3 is 2.71 bits per heavy atom. The van der Waals surface area contributed by atoms with Crippen LogP contribution < -0.4 is 16.6 Å². The maximum atomic E-state index is 14.2. The first kappa shape index (κ1) is 16.4. The van der Waals surface area contributed by atoms with Crippen LogP contribution in [0, 0.1) is 5.82 Å². The van der Waals surface area contributed by atoms with Gasteiger partial charge in [-0.1, -0.05) is 12.1 Å². The summed E-state index contributed by atoms with van der Waals surface area (Å²) in [5, 5.41) is 15.2. The fourth-order valence-electron chi connectivity index (χ4n) is 3.87.